The number of halogens is 1. The van der Waals surface area contributed by atoms with Crippen LogP contribution in [0.5, 0.6) is 0 Å². The standard InChI is InChI=1S/C27H33ClN2O5S/c1-5-7-13-35-26(34)21-20-14-16(3)27(36-20)22(21)24(32)30(17(4)15-31)23(27)25(33)29(12-6-2)19-10-8-18(28)9-11-19/h5-6,8-11,16-17,20-23,31H,1-2,7,12-15H2,3-4H3/t16?,17-,20+,21-,22+,23?,27?/m1/s1. The van der Waals surface area contributed by atoms with Gasteiger partial charge in [0.2, 0.25) is 5.91 Å². The first-order valence-corrected chi connectivity index (χ1v) is 13.5. The Hall–Kier alpha value is -2.29. The number of hydrogen-bond donors (Lipinski definition) is 1. The van der Waals surface area contributed by atoms with E-state index in [2.05, 4.69) is 20.1 Å². The Labute approximate surface area is 221 Å². The van der Waals surface area contributed by atoms with Crippen molar-refractivity contribution in [1.82, 2.24) is 4.90 Å². The number of hydrogen-bond acceptors (Lipinski definition) is 6. The predicted molar refractivity (Wildman–Crippen MR) is 142 cm³/mol. The van der Waals surface area contributed by atoms with Gasteiger partial charge in [-0.3, -0.25) is 14.4 Å². The van der Waals surface area contributed by atoms with Gasteiger partial charge in [-0.25, -0.2) is 0 Å². The highest BCUT2D eigenvalue weighted by Gasteiger charge is 2.77. The molecule has 3 aliphatic heterocycles. The first-order chi connectivity index (χ1) is 17.2. The van der Waals surface area contributed by atoms with E-state index >= 15 is 0 Å². The molecular weight excluding hydrogens is 500 g/mol. The highest BCUT2D eigenvalue weighted by atomic mass is 35.5. The highest BCUT2D eigenvalue weighted by molar-refractivity contribution is 8.02. The van der Waals surface area contributed by atoms with Crippen LogP contribution in [0, 0.1) is 17.8 Å². The van der Waals surface area contributed by atoms with Crippen molar-refractivity contribution >= 4 is 46.8 Å². The maximum Gasteiger partial charge on any atom is 0.310 e. The Morgan fingerprint density at radius 1 is 1.33 bits per heavy atom. The summed E-state index contributed by atoms with van der Waals surface area (Å²) in [7, 11) is 0. The molecule has 3 unspecified atom stereocenters. The van der Waals surface area contributed by atoms with Crippen LogP contribution in [0.1, 0.15) is 26.7 Å². The second kappa shape index (κ2) is 10.6. The van der Waals surface area contributed by atoms with Crippen molar-refractivity contribution in [2.45, 2.75) is 48.8 Å². The number of anilines is 1. The lowest BCUT2D eigenvalue weighted by Crippen LogP contribution is -2.59. The molecule has 1 N–H and O–H groups in total. The van der Waals surface area contributed by atoms with Crippen molar-refractivity contribution in [3.8, 4) is 0 Å². The fourth-order valence-corrected chi connectivity index (χ4v) is 8.64. The zero-order valence-electron chi connectivity index (χ0n) is 20.6. The minimum Gasteiger partial charge on any atom is -0.465 e. The monoisotopic (exact) mass is 532 g/mol. The van der Waals surface area contributed by atoms with Crippen molar-refractivity contribution in [1.29, 1.82) is 0 Å². The minimum atomic E-state index is -0.844. The second-order valence-corrected chi connectivity index (χ2v) is 11.8. The van der Waals surface area contributed by atoms with E-state index in [4.69, 9.17) is 16.3 Å². The quantitative estimate of drug-likeness (QED) is 0.281. The molecule has 7 atom stereocenters. The lowest BCUT2D eigenvalue weighted by Gasteiger charge is -2.41. The molecule has 194 valence electrons. The number of nitrogens with zero attached hydrogens (tertiary/aromatic N) is 2. The molecule has 9 heteroatoms. The van der Waals surface area contributed by atoms with Gasteiger partial charge < -0.3 is 19.6 Å². The first kappa shape index (κ1) is 26.8. The van der Waals surface area contributed by atoms with E-state index in [9.17, 15) is 19.5 Å². The maximum absolute atomic E-state index is 14.4. The molecule has 0 radical (unpaired) electrons. The van der Waals surface area contributed by atoms with E-state index in [1.165, 1.54) is 4.90 Å². The number of benzene rings is 1. The molecule has 7 nitrogen and oxygen atoms in total. The number of carbonyl (C=O) groups is 3. The number of fused-ring (bicyclic) bond motifs is 1. The molecule has 36 heavy (non-hydrogen) atoms. The summed E-state index contributed by atoms with van der Waals surface area (Å²) in [5, 5.41) is 10.5. The molecule has 1 aromatic carbocycles. The molecule has 0 aromatic heterocycles. The number of carbonyl (C=O) groups excluding carboxylic acids is 3. The minimum absolute atomic E-state index is 0.0133. The van der Waals surface area contributed by atoms with E-state index in [1.54, 1.807) is 60.0 Å². The van der Waals surface area contributed by atoms with Gasteiger partial charge in [-0.2, -0.15) is 0 Å². The molecule has 1 aromatic rings. The molecule has 1 spiro atoms. The Kier molecular flexibility index (Phi) is 7.88. The van der Waals surface area contributed by atoms with E-state index < -0.39 is 34.6 Å². The molecule has 3 fully saturated rings. The predicted octanol–water partition coefficient (Wildman–Crippen LogP) is 3.70. The van der Waals surface area contributed by atoms with Crippen molar-refractivity contribution in [2.75, 3.05) is 24.7 Å². The highest BCUT2D eigenvalue weighted by Crippen LogP contribution is 2.69. The Bertz CT molecular complexity index is 1050. The number of thioether (sulfide) groups is 1. The van der Waals surface area contributed by atoms with Gasteiger partial charge in [0.05, 0.1) is 35.8 Å². The molecular formula is C27H33ClN2O5S. The number of esters is 1. The molecule has 2 amide bonds. The van der Waals surface area contributed by atoms with Crippen LogP contribution in [0.3, 0.4) is 0 Å². The zero-order valence-corrected chi connectivity index (χ0v) is 22.2. The fourth-order valence-electron chi connectivity index (χ4n) is 6.13. The summed E-state index contributed by atoms with van der Waals surface area (Å²) in [6, 6.07) is 5.51. The van der Waals surface area contributed by atoms with Gasteiger partial charge in [-0.15, -0.1) is 24.9 Å². The number of amides is 2. The molecule has 0 aliphatic carbocycles. The van der Waals surface area contributed by atoms with Crippen LogP contribution in [0.4, 0.5) is 5.69 Å². The van der Waals surface area contributed by atoms with E-state index in [1.807, 2.05) is 0 Å². The summed E-state index contributed by atoms with van der Waals surface area (Å²) in [6.07, 6.45) is 4.56. The molecule has 4 rings (SSSR count). The van der Waals surface area contributed by atoms with Gasteiger partial charge in [-0.05, 0) is 49.9 Å². The Balaban J connectivity index is 1.78. The molecule has 2 bridgehead atoms. The summed E-state index contributed by atoms with van der Waals surface area (Å²) in [6.45, 7) is 11.4. The van der Waals surface area contributed by atoms with Gasteiger partial charge in [0, 0.05) is 22.5 Å². The number of likely N-dealkylation sites (tertiary alicyclic amines) is 1. The average molecular weight is 533 g/mol. The van der Waals surface area contributed by atoms with Crippen molar-refractivity contribution in [2.24, 2.45) is 17.8 Å². The normalized spacial score (nSPS) is 31.2. The van der Waals surface area contributed by atoms with Crippen molar-refractivity contribution in [3.05, 3.63) is 54.6 Å². The van der Waals surface area contributed by atoms with Crippen LogP contribution in [0.2, 0.25) is 5.02 Å². The van der Waals surface area contributed by atoms with E-state index in [0.29, 0.717) is 23.6 Å². The zero-order chi connectivity index (χ0) is 26.2. The molecule has 3 aliphatic rings. The van der Waals surface area contributed by atoms with Crippen LogP contribution < -0.4 is 4.90 Å². The third-order valence-corrected chi connectivity index (χ3v) is 10.0. The van der Waals surface area contributed by atoms with E-state index in [-0.39, 0.29) is 42.7 Å². The first-order valence-electron chi connectivity index (χ1n) is 12.3. The second-order valence-electron chi connectivity index (χ2n) is 9.79. The van der Waals surface area contributed by atoms with Crippen LogP contribution in [0.15, 0.2) is 49.6 Å². The molecule has 3 heterocycles. The Morgan fingerprint density at radius 3 is 2.64 bits per heavy atom. The third-order valence-electron chi connectivity index (χ3n) is 7.71. The Morgan fingerprint density at radius 2 is 2.03 bits per heavy atom. The summed E-state index contributed by atoms with van der Waals surface area (Å²) >= 11 is 7.66. The van der Waals surface area contributed by atoms with Gasteiger partial charge in [0.15, 0.2) is 0 Å². The van der Waals surface area contributed by atoms with Gasteiger partial charge >= 0.3 is 5.97 Å². The van der Waals surface area contributed by atoms with Gasteiger partial charge in [-0.1, -0.05) is 30.7 Å². The topological polar surface area (TPSA) is 87.2 Å². The number of aliphatic hydroxyl groups is 1. The van der Waals surface area contributed by atoms with Crippen LogP contribution in [0.25, 0.3) is 0 Å². The fraction of sp³-hybridized carbons (Fsp3) is 0.519. The third kappa shape index (κ3) is 4.17. The number of aliphatic hydroxyl groups excluding tert-OH is 1. The van der Waals surface area contributed by atoms with Gasteiger partial charge in [0.1, 0.15) is 6.04 Å². The summed E-state index contributed by atoms with van der Waals surface area (Å²) < 4.78 is 4.73. The largest absolute Gasteiger partial charge is 0.465 e. The smallest absolute Gasteiger partial charge is 0.310 e. The molecule has 0 saturated carbocycles. The van der Waals surface area contributed by atoms with Gasteiger partial charge in [0.25, 0.3) is 5.91 Å². The van der Waals surface area contributed by atoms with Crippen LogP contribution in [-0.4, -0.2) is 69.6 Å². The van der Waals surface area contributed by atoms with Crippen LogP contribution in [-0.2, 0) is 19.1 Å². The SMILES string of the molecule is C=CCCOC(=O)[C@@H]1[C@@H]2CC(C)C3(S2)C(C(=O)N(CC=C)c2ccc(Cl)cc2)N([C@H](C)CO)C(=O)[C@H]13. The van der Waals surface area contributed by atoms with Crippen molar-refractivity contribution < 1.29 is 24.2 Å². The summed E-state index contributed by atoms with van der Waals surface area (Å²) in [4.78, 5) is 44.7. The lowest BCUT2D eigenvalue weighted by molar-refractivity contribution is -0.154. The number of ether oxygens (including phenoxy) is 1. The van der Waals surface area contributed by atoms with E-state index in [0.717, 1.165) is 0 Å². The average Bonchev–Trinajstić information content (AvgIpc) is 3.46. The summed E-state index contributed by atoms with van der Waals surface area (Å²) in [5.41, 5.74) is 0.638. The maximum atomic E-state index is 14.4. The summed E-state index contributed by atoms with van der Waals surface area (Å²) in [5.74, 6) is -2.22. The lowest BCUT2D eigenvalue weighted by atomic mass is 9.66. The van der Waals surface area contributed by atoms with Crippen molar-refractivity contribution in [3.63, 3.8) is 0 Å². The van der Waals surface area contributed by atoms with Crippen LogP contribution >= 0.6 is 23.4 Å². The molecule has 3 saturated heterocycles. The number of rotatable bonds is 10.